The molecule has 1 amide bonds. The second-order valence-corrected chi connectivity index (χ2v) is 6.12. The first-order valence-electron chi connectivity index (χ1n) is 6.90. The summed E-state index contributed by atoms with van der Waals surface area (Å²) >= 11 is 3.43. The summed E-state index contributed by atoms with van der Waals surface area (Å²) in [5.41, 5.74) is 9.24. The van der Waals surface area contributed by atoms with E-state index < -0.39 is 0 Å². The van der Waals surface area contributed by atoms with E-state index >= 15 is 0 Å². The van der Waals surface area contributed by atoms with Crippen LogP contribution in [-0.4, -0.2) is 23.1 Å². The molecule has 0 saturated carbocycles. The molecule has 0 radical (unpaired) electrons. The van der Waals surface area contributed by atoms with Gasteiger partial charge in [0.1, 0.15) is 0 Å². The lowest BCUT2D eigenvalue weighted by molar-refractivity contribution is 0.0940. The van der Waals surface area contributed by atoms with Gasteiger partial charge in [0.15, 0.2) is 0 Å². The molecule has 0 fully saturated rings. The molecular formula is C16H21BrClN3O. The number of carbonyl (C=O) groups is 1. The number of hydrogen-bond acceptors (Lipinski definition) is 2. The number of rotatable bonds is 4. The van der Waals surface area contributed by atoms with E-state index in [-0.39, 0.29) is 24.4 Å². The molecule has 0 aliphatic carbocycles. The first-order chi connectivity index (χ1) is 9.93. The summed E-state index contributed by atoms with van der Waals surface area (Å²) in [6, 6.07) is 9.90. The van der Waals surface area contributed by atoms with Gasteiger partial charge >= 0.3 is 0 Å². The Morgan fingerprint density at radius 2 is 1.91 bits per heavy atom. The minimum Gasteiger partial charge on any atom is -0.348 e. The Balaban J connectivity index is 0.00000242. The van der Waals surface area contributed by atoms with Gasteiger partial charge in [-0.15, -0.1) is 12.4 Å². The third-order valence-corrected chi connectivity index (χ3v) is 4.02. The lowest BCUT2D eigenvalue weighted by atomic mass is 10.2. The summed E-state index contributed by atoms with van der Waals surface area (Å²) in [5.74, 6) is -0.0792. The van der Waals surface area contributed by atoms with Gasteiger partial charge in [-0.3, -0.25) is 4.79 Å². The highest BCUT2D eigenvalue weighted by atomic mass is 79.9. The number of aryl methyl sites for hydroxylation is 1. The van der Waals surface area contributed by atoms with Crippen molar-refractivity contribution in [1.29, 1.82) is 0 Å². The third-order valence-electron chi connectivity index (χ3n) is 3.49. The van der Waals surface area contributed by atoms with Gasteiger partial charge in [-0.05, 0) is 51.1 Å². The zero-order valence-electron chi connectivity index (χ0n) is 12.9. The second kappa shape index (κ2) is 7.81. The molecule has 2 aromatic rings. The quantitative estimate of drug-likeness (QED) is 0.846. The Hall–Kier alpha value is -1.30. The molecule has 120 valence electrons. The SMILES string of the molecule is Cc1cc(C(=O)N[C@@H](C)CN)c(C)n1-c1ccc(Br)cc1.Cl. The Labute approximate surface area is 145 Å². The highest BCUT2D eigenvalue weighted by Crippen LogP contribution is 2.22. The van der Waals surface area contributed by atoms with Crippen LogP contribution in [-0.2, 0) is 0 Å². The summed E-state index contributed by atoms with van der Waals surface area (Å²) in [7, 11) is 0. The standard InChI is InChI=1S/C16H20BrN3O.ClH/c1-10(9-18)19-16(21)15-8-11(2)20(12(15)3)14-6-4-13(17)5-7-14;/h4-8,10H,9,18H2,1-3H3,(H,19,21);1H/t10-;/m0./s1. The van der Waals surface area contributed by atoms with Crippen LogP contribution in [0.15, 0.2) is 34.8 Å². The molecule has 22 heavy (non-hydrogen) atoms. The third kappa shape index (κ3) is 3.91. The fourth-order valence-electron chi connectivity index (χ4n) is 2.34. The number of carbonyl (C=O) groups excluding carboxylic acids is 1. The number of hydrogen-bond donors (Lipinski definition) is 2. The molecule has 0 aliphatic rings. The lowest BCUT2D eigenvalue weighted by Gasteiger charge is -2.12. The monoisotopic (exact) mass is 385 g/mol. The molecule has 1 heterocycles. The summed E-state index contributed by atoms with van der Waals surface area (Å²) < 4.78 is 3.11. The number of halogens is 2. The van der Waals surface area contributed by atoms with E-state index in [0.29, 0.717) is 12.1 Å². The van der Waals surface area contributed by atoms with E-state index in [4.69, 9.17) is 5.73 Å². The Kier molecular flexibility index (Phi) is 6.66. The number of nitrogens with two attached hydrogens (primary N) is 1. The van der Waals surface area contributed by atoms with Crippen LogP contribution in [0.25, 0.3) is 5.69 Å². The molecule has 0 unspecified atom stereocenters. The second-order valence-electron chi connectivity index (χ2n) is 5.21. The lowest BCUT2D eigenvalue weighted by Crippen LogP contribution is -2.37. The topological polar surface area (TPSA) is 60.1 Å². The molecule has 3 N–H and O–H groups in total. The average Bonchev–Trinajstić information content (AvgIpc) is 2.75. The average molecular weight is 387 g/mol. The molecule has 6 heteroatoms. The summed E-state index contributed by atoms with van der Waals surface area (Å²) in [4.78, 5) is 12.3. The van der Waals surface area contributed by atoms with E-state index in [1.165, 1.54) is 0 Å². The van der Waals surface area contributed by atoms with Crippen LogP contribution in [0.5, 0.6) is 0 Å². The highest BCUT2D eigenvalue weighted by Gasteiger charge is 2.17. The van der Waals surface area contributed by atoms with Gasteiger partial charge in [-0.25, -0.2) is 0 Å². The van der Waals surface area contributed by atoms with Crippen molar-refractivity contribution in [3.63, 3.8) is 0 Å². The van der Waals surface area contributed by atoms with Gasteiger partial charge in [0.2, 0.25) is 0 Å². The zero-order chi connectivity index (χ0) is 15.6. The van der Waals surface area contributed by atoms with Crippen molar-refractivity contribution in [2.75, 3.05) is 6.54 Å². The maximum atomic E-state index is 12.3. The van der Waals surface area contributed by atoms with Crippen LogP contribution in [0.4, 0.5) is 0 Å². The van der Waals surface area contributed by atoms with Gasteiger partial charge in [-0.2, -0.15) is 0 Å². The van der Waals surface area contributed by atoms with Gasteiger partial charge < -0.3 is 15.6 Å². The van der Waals surface area contributed by atoms with E-state index in [9.17, 15) is 4.79 Å². The summed E-state index contributed by atoms with van der Waals surface area (Å²) in [6.07, 6.45) is 0. The van der Waals surface area contributed by atoms with Crippen LogP contribution in [0.1, 0.15) is 28.7 Å². The molecule has 1 atom stereocenters. The minimum atomic E-state index is -0.0792. The predicted molar refractivity (Wildman–Crippen MR) is 96.2 cm³/mol. The normalized spacial score (nSPS) is 11.7. The largest absolute Gasteiger partial charge is 0.348 e. The van der Waals surface area contributed by atoms with E-state index in [1.807, 2.05) is 51.1 Å². The molecular weight excluding hydrogens is 366 g/mol. The maximum Gasteiger partial charge on any atom is 0.253 e. The van der Waals surface area contributed by atoms with E-state index in [0.717, 1.165) is 21.5 Å². The predicted octanol–water partition coefficient (Wildman–Crippen LogP) is 3.36. The van der Waals surface area contributed by atoms with Gasteiger partial charge in [0.05, 0.1) is 5.56 Å². The van der Waals surface area contributed by atoms with E-state index in [2.05, 4.69) is 25.8 Å². The summed E-state index contributed by atoms with van der Waals surface area (Å²) in [5, 5.41) is 2.90. The summed E-state index contributed by atoms with van der Waals surface area (Å²) in [6.45, 7) is 6.28. The molecule has 4 nitrogen and oxygen atoms in total. The van der Waals surface area contributed by atoms with E-state index in [1.54, 1.807) is 0 Å². The Morgan fingerprint density at radius 1 is 1.32 bits per heavy atom. The van der Waals surface area contributed by atoms with Crippen LogP contribution in [0, 0.1) is 13.8 Å². The van der Waals surface area contributed by atoms with Crippen molar-refractivity contribution in [2.45, 2.75) is 26.8 Å². The van der Waals surface area contributed by atoms with Crippen molar-refractivity contribution in [2.24, 2.45) is 5.73 Å². The van der Waals surface area contributed by atoms with Gasteiger partial charge in [0, 0.05) is 34.1 Å². The number of aromatic nitrogens is 1. The number of benzene rings is 1. The van der Waals surface area contributed by atoms with Crippen LogP contribution < -0.4 is 11.1 Å². The number of nitrogens with zero attached hydrogens (tertiary/aromatic N) is 1. The van der Waals surface area contributed by atoms with Crippen molar-refractivity contribution in [3.05, 3.63) is 51.8 Å². The molecule has 1 aromatic carbocycles. The molecule has 0 aliphatic heterocycles. The van der Waals surface area contributed by atoms with Gasteiger partial charge in [0.25, 0.3) is 5.91 Å². The van der Waals surface area contributed by atoms with Crippen molar-refractivity contribution < 1.29 is 4.79 Å². The Morgan fingerprint density at radius 3 is 2.45 bits per heavy atom. The smallest absolute Gasteiger partial charge is 0.253 e. The fraction of sp³-hybridized carbons (Fsp3) is 0.312. The van der Waals surface area contributed by atoms with Crippen molar-refractivity contribution >= 4 is 34.2 Å². The van der Waals surface area contributed by atoms with Gasteiger partial charge in [-0.1, -0.05) is 15.9 Å². The van der Waals surface area contributed by atoms with Crippen LogP contribution in [0.3, 0.4) is 0 Å². The molecule has 0 saturated heterocycles. The van der Waals surface area contributed by atoms with Crippen molar-refractivity contribution in [3.8, 4) is 5.69 Å². The molecule has 1 aromatic heterocycles. The maximum absolute atomic E-state index is 12.3. The number of nitrogens with one attached hydrogen (secondary N) is 1. The van der Waals surface area contributed by atoms with Crippen LogP contribution >= 0.6 is 28.3 Å². The highest BCUT2D eigenvalue weighted by molar-refractivity contribution is 9.10. The zero-order valence-corrected chi connectivity index (χ0v) is 15.3. The molecule has 0 bridgehead atoms. The first kappa shape index (κ1) is 18.7. The first-order valence-corrected chi connectivity index (χ1v) is 7.69. The fourth-order valence-corrected chi connectivity index (χ4v) is 2.60. The van der Waals surface area contributed by atoms with Crippen LogP contribution in [0.2, 0.25) is 0 Å². The minimum absolute atomic E-state index is 0. The Bertz CT molecular complexity index is 652. The van der Waals surface area contributed by atoms with Crippen molar-refractivity contribution in [1.82, 2.24) is 9.88 Å². The molecule has 2 rings (SSSR count). The number of amides is 1. The molecule has 0 spiro atoms.